The summed E-state index contributed by atoms with van der Waals surface area (Å²) in [5.74, 6) is 2.69. The molecule has 1 saturated heterocycles. The first-order valence-electron chi connectivity index (χ1n) is 6.12. The summed E-state index contributed by atoms with van der Waals surface area (Å²) in [6.45, 7) is 1.10. The number of hydrogen-bond acceptors (Lipinski definition) is 3. The molecule has 82 valence electrons. The van der Waals surface area contributed by atoms with Crippen LogP contribution >= 0.6 is 0 Å². The highest BCUT2D eigenvalue weighted by atomic mass is 16.4. The number of nitrogens with zero attached hydrogens (tertiary/aromatic N) is 1. The summed E-state index contributed by atoms with van der Waals surface area (Å²) >= 11 is 0. The van der Waals surface area contributed by atoms with E-state index < -0.39 is 0 Å². The summed E-state index contributed by atoms with van der Waals surface area (Å²) in [7, 11) is 0. The Balaban J connectivity index is 1.71. The van der Waals surface area contributed by atoms with Gasteiger partial charge in [-0.2, -0.15) is 0 Å². The Labute approximate surface area is 90.3 Å². The zero-order valence-electron chi connectivity index (χ0n) is 9.04. The quantitative estimate of drug-likeness (QED) is 0.808. The minimum absolute atomic E-state index is 0.368. The molecule has 3 heteroatoms. The Morgan fingerprint density at radius 3 is 2.80 bits per heavy atom. The SMILES string of the molecule is c1nc(C2CCCCN2)oc1C1CCC1. The maximum absolute atomic E-state index is 5.85. The van der Waals surface area contributed by atoms with Gasteiger partial charge >= 0.3 is 0 Å². The first-order valence-corrected chi connectivity index (χ1v) is 6.12. The molecule has 0 radical (unpaired) electrons. The second-order valence-corrected chi connectivity index (χ2v) is 4.73. The Kier molecular flexibility index (Phi) is 2.49. The minimum atomic E-state index is 0.368. The molecule has 1 aromatic heterocycles. The van der Waals surface area contributed by atoms with E-state index in [2.05, 4.69) is 10.3 Å². The van der Waals surface area contributed by atoms with E-state index in [1.54, 1.807) is 0 Å². The van der Waals surface area contributed by atoms with Crippen LogP contribution in [0, 0.1) is 0 Å². The number of rotatable bonds is 2. The van der Waals surface area contributed by atoms with Crippen molar-refractivity contribution in [2.24, 2.45) is 0 Å². The molecule has 0 aromatic carbocycles. The molecule has 1 aliphatic carbocycles. The Morgan fingerprint density at radius 2 is 2.13 bits per heavy atom. The van der Waals surface area contributed by atoms with Crippen molar-refractivity contribution in [2.45, 2.75) is 50.5 Å². The first-order chi connectivity index (χ1) is 7.43. The van der Waals surface area contributed by atoms with Crippen LogP contribution in [0.5, 0.6) is 0 Å². The standard InChI is InChI=1S/C12H18N2O/c1-2-7-13-10(6-1)12-14-8-11(15-12)9-4-3-5-9/h8-10,13H,1-7H2. The van der Waals surface area contributed by atoms with Gasteiger partial charge < -0.3 is 9.73 Å². The van der Waals surface area contributed by atoms with E-state index in [4.69, 9.17) is 4.42 Å². The van der Waals surface area contributed by atoms with Gasteiger partial charge in [-0.25, -0.2) is 4.98 Å². The number of hydrogen-bond donors (Lipinski definition) is 1. The lowest BCUT2D eigenvalue weighted by Crippen LogP contribution is -2.26. The van der Waals surface area contributed by atoms with Crippen molar-refractivity contribution >= 4 is 0 Å². The van der Waals surface area contributed by atoms with Gasteiger partial charge in [0.05, 0.1) is 12.2 Å². The predicted molar refractivity (Wildman–Crippen MR) is 57.7 cm³/mol. The molecule has 0 bridgehead atoms. The van der Waals surface area contributed by atoms with E-state index in [1.807, 2.05) is 6.20 Å². The van der Waals surface area contributed by atoms with Crippen molar-refractivity contribution in [1.29, 1.82) is 0 Å². The molecule has 1 atom stereocenters. The van der Waals surface area contributed by atoms with Gasteiger partial charge in [-0.3, -0.25) is 0 Å². The number of piperidine rings is 1. The van der Waals surface area contributed by atoms with E-state index in [0.29, 0.717) is 12.0 Å². The topological polar surface area (TPSA) is 38.1 Å². The van der Waals surface area contributed by atoms with Crippen LogP contribution in [0.15, 0.2) is 10.6 Å². The summed E-state index contributed by atoms with van der Waals surface area (Å²) in [6.07, 6.45) is 9.60. The van der Waals surface area contributed by atoms with Gasteiger partial charge in [0, 0.05) is 5.92 Å². The van der Waals surface area contributed by atoms with E-state index in [1.165, 1.54) is 38.5 Å². The van der Waals surface area contributed by atoms with E-state index >= 15 is 0 Å². The maximum atomic E-state index is 5.85. The van der Waals surface area contributed by atoms with E-state index in [9.17, 15) is 0 Å². The van der Waals surface area contributed by atoms with Crippen LogP contribution in [0.1, 0.15) is 62.1 Å². The average Bonchev–Trinajstić information content (AvgIpc) is 2.66. The summed E-state index contributed by atoms with van der Waals surface area (Å²) in [4.78, 5) is 4.41. The monoisotopic (exact) mass is 206 g/mol. The zero-order valence-corrected chi connectivity index (χ0v) is 9.04. The normalized spacial score (nSPS) is 27.6. The van der Waals surface area contributed by atoms with Gasteiger partial charge in [0.1, 0.15) is 5.76 Å². The molecule has 1 aromatic rings. The highest BCUT2D eigenvalue weighted by Crippen LogP contribution is 2.37. The molecular weight excluding hydrogens is 188 g/mol. The van der Waals surface area contributed by atoms with Crippen molar-refractivity contribution < 1.29 is 4.42 Å². The maximum Gasteiger partial charge on any atom is 0.211 e. The highest BCUT2D eigenvalue weighted by molar-refractivity contribution is 5.07. The van der Waals surface area contributed by atoms with Gasteiger partial charge in [0.2, 0.25) is 5.89 Å². The van der Waals surface area contributed by atoms with Crippen LogP contribution < -0.4 is 5.32 Å². The molecule has 3 nitrogen and oxygen atoms in total. The molecule has 0 spiro atoms. The van der Waals surface area contributed by atoms with Crippen LogP contribution in [-0.4, -0.2) is 11.5 Å². The first kappa shape index (κ1) is 9.40. The Morgan fingerprint density at radius 1 is 1.20 bits per heavy atom. The van der Waals surface area contributed by atoms with Gasteiger partial charge in [-0.1, -0.05) is 12.8 Å². The molecule has 2 fully saturated rings. The van der Waals surface area contributed by atoms with Gasteiger partial charge in [0.25, 0.3) is 0 Å². The van der Waals surface area contributed by atoms with E-state index in [0.717, 1.165) is 18.2 Å². The minimum Gasteiger partial charge on any atom is -0.444 e. The molecule has 1 saturated carbocycles. The average molecular weight is 206 g/mol. The van der Waals surface area contributed by atoms with Crippen molar-refractivity contribution in [3.05, 3.63) is 17.8 Å². The fourth-order valence-electron chi connectivity index (χ4n) is 2.41. The van der Waals surface area contributed by atoms with Crippen molar-refractivity contribution in [3.8, 4) is 0 Å². The summed E-state index contributed by atoms with van der Waals surface area (Å²) < 4.78 is 5.85. The zero-order chi connectivity index (χ0) is 10.1. The highest BCUT2D eigenvalue weighted by Gasteiger charge is 2.25. The van der Waals surface area contributed by atoms with E-state index in [-0.39, 0.29) is 0 Å². The molecule has 2 heterocycles. The lowest BCUT2D eigenvalue weighted by Gasteiger charge is -2.23. The lowest BCUT2D eigenvalue weighted by molar-refractivity contribution is 0.295. The summed E-state index contributed by atoms with van der Waals surface area (Å²) in [5.41, 5.74) is 0. The third-order valence-corrected chi connectivity index (χ3v) is 3.66. The second kappa shape index (κ2) is 3.97. The van der Waals surface area contributed by atoms with Crippen LogP contribution in [0.3, 0.4) is 0 Å². The molecule has 15 heavy (non-hydrogen) atoms. The fourth-order valence-corrected chi connectivity index (χ4v) is 2.41. The number of nitrogens with one attached hydrogen (secondary N) is 1. The van der Waals surface area contributed by atoms with Crippen LogP contribution in [0.25, 0.3) is 0 Å². The van der Waals surface area contributed by atoms with Crippen LogP contribution in [0.2, 0.25) is 0 Å². The van der Waals surface area contributed by atoms with Crippen molar-refractivity contribution in [3.63, 3.8) is 0 Å². The fraction of sp³-hybridized carbons (Fsp3) is 0.750. The molecular formula is C12H18N2O. The molecule has 1 unspecified atom stereocenters. The summed E-state index contributed by atoms with van der Waals surface area (Å²) in [5, 5.41) is 3.47. The third kappa shape index (κ3) is 1.81. The molecule has 3 rings (SSSR count). The second-order valence-electron chi connectivity index (χ2n) is 4.73. The van der Waals surface area contributed by atoms with Crippen molar-refractivity contribution in [1.82, 2.24) is 10.3 Å². The third-order valence-electron chi connectivity index (χ3n) is 3.66. The molecule has 2 aliphatic rings. The predicted octanol–water partition coefficient (Wildman–Crippen LogP) is 2.76. The Bertz CT molecular complexity index is 324. The van der Waals surface area contributed by atoms with Crippen LogP contribution in [-0.2, 0) is 0 Å². The Hall–Kier alpha value is -0.830. The smallest absolute Gasteiger partial charge is 0.211 e. The molecule has 0 amide bonds. The number of aromatic nitrogens is 1. The van der Waals surface area contributed by atoms with Gasteiger partial charge in [0.15, 0.2) is 0 Å². The van der Waals surface area contributed by atoms with Gasteiger partial charge in [-0.15, -0.1) is 0 Å². The van der Waals surface area contributed by atoms with Gasteiger partial charge in [-0.05, 0) is 32.2 Å². The molecule has 1 aliphatic heterocycles. The number of oxazole rings is 1. The summed E-state index contributed by atoms with van der Waals surface area (Å²) in [6, 6.07) is 0.368. The van der Waals surface area contributed by atoms with Crippen LogP contribution in [0.4, 0.5) is 0 Å². The lowest BCUT2D eigenvalue weighted by atomic mass is 9.84. The largest absolute Gasteiger partial charge is 0.444 e. The van der Waals surface area contributed by atoms with Crippen molar-refractivity contribution in [2.75, 3.05) is 6.54 Å². The molecule has 1 N–H and O–H groups in total.